The number of hydrogen-bond donors (Lipinski definition) is 1. The van der Waals surface area contributed by atoms with Crippen LogP contribution in [0.15, 0.2) is 12.1 Å². The first-order valence-corrected chi connectivity index (χ1v) is 5.86. The average Bonchev–Trinajstić information content (AvgIpc) is 2.97. The Hall–Kier alpha value is -1.06. The predicted octanol–water partition coefficient (Wildman–Crippen LogP) is 1.80. The molecule has 1 saturated heterocycles. The summed E-state index contributed by atoms with van der Waals surface area (Å²) in [6.45, 7) is 3.67. The van der Waals surface area contributed by atoms with E-state index in [0.29, 0.717) is 5.92 Å². The zero-order chi connectivity index (χ0) is 11.0. The van der Waals surface area contributed by atoms with E-state index in [-0.39, 0.29) is 0 Å². The van der Waals surface area contributed by atoms with E-state index in [1.165, 1.54) is 23.1 Å². The van der Waals surface area contributed by atoms with E-state index in [9.17, 15) is 0 Å². The maximum absolute atomic E-state index is 5.50. The van der Waals surface area contributed by atoms with Gasteiger partial charge in [0.05, 0.1) is 20.3 Å². The van der Waals surface area contributed by atoms with Gasteiger partial charge in [0.15, 0.2) is 0 Å². The molecule has 1 fully saturated rings. The quantitative estimate of drug-likeness (QED) is 0.822. The van der Waals surface area contributed by atoms with Crippen molar-refractivity contribution in [3.63, 3.8) is 0 Å². The molecule has 3 nitrogen and oxygen atoms in total. The first-order valence-electron chi connectivity index (χ1n) is 5.86. The van der Waals surface area contributed by atoms with Gasteiger partial charge in [-0.3, -0.25) is 0 Å². The Morgan fingerprint density at radius 1 is 1.31 bits per heavy atom. The van der Waals surface area contributed by atoms with Gasteiger partial charge in [0, 0.05) is 12.5 Å². The summed E-state index contributed by atoms with van der Waals surface area (Å²) in [7, 11) is 1.75. The summed E-state index contributed by atoms with van der Waals surface area (Å²) in [6.07, 6.45) is 1.20. The maximum Gasteiger partial charge on any atom is 0.122 e. The number of fused-ring (bicyclic) bond motifs is 1. The number of ether oxygens (including phenoxy) is 2. The molecule has 86 valence electrons. The van der Waals surface area contributed by atoms with Gasteiger partial charge in [-0.2, -0.15) is 0 Å². The van der Waals surface area contributed by atoms with Gasteiger partial charge in [0.1, 0.15) is 5.75 Å². The van der Waals surface area contributed by atoms with Gasteiger partial charge in [0.2, 0.25) is 0 Å². The van der Waals surface area contributed by atoms with Crippen molar-refractivity contribution in [2.45, 2.75) is 25.6 Å². The van der Waals surface area contributed by atoms with Gasteiger partial charge in [-0.1, -0.05) is 0 Å². The topological polar surface area (TPSA) is 30.5 Å². The molecule has 2 heterocycles. The molecule has 0 spiro atoms. The summed E-state index contributed by atoms with van der Waals surface area (Å²) < 4.78 is 11.0. The lowest BCUT2D eigenvalue weighted by Crippen LogP contribution is -2.09. The van der Waals surface area contributed by atoms with Crippen molar-refractivity contribution in [2.75, 3.05) is 20.2 Å². The third-order valence-electron chi connectivity index (χ3n) is 3.57. The third-order valence-corrected chi connectivity index (χ3v) is 3.57. The lowest BCUT2D eigenvalue weighted by Gasteiger charge is -2.15. The van der Waals surface area contributed by atoms with E-state index >= 15 is 0 Å². The Morgan fingerprint density at radius 3 is 2.81 bits per heavy atom. The summed E-state index contributed by atoms with van der Waals surface area (Å²) in [5.41, 5.74) is 3.96. The van der Waals surface area contributed by atoms with Crippen molar-refractivity contribution in [1.82, 2.24) is 5.32 Å². The first-order chi connectivity index (χ1) is 7.88. The molecular weight excluding hydrogens is 202 g/mol. The van der Waals surface area contributed by atoms with E-state index < -0.39 is 0 Å². The normalized spacial score (nSPS) is 23.4. The molecule has 0 radical (unpaired) electrons. The molecule has 0 saturated carbocycles. The summed E-state index contributed by atoms with van der Waals surface area (Å²) in [5, 5.41) is 3.40. The minimum atomic E-state index is 0.598. The SMILES string of the molecule is COc1cc2c(cc1C1CCNC1)COC2. The standard InChI is InChI=1S/C13H17NO2/c1-15-13-5-11-8-16-7-10(11)4-12(13)9-2-3-14-6-9/h4-5,9,14H,2-3,6-8H2,1H3. The van der Waals surface area contributed by atoms with Gasteiger partial charge >= 0.3 is 0 Å². The largest absolute Gasteiger partial charge is 0.496 e. The molecule has 1 atom stereocenters. The van der Waals surface area contributed by atoms with Crippen molar-refractivity contribution in [3.8, 4) is 5.75 Å². The number of nitrogens with one attached hydrogen (secondary N) is 1. The van der Waals surface area contributed by atoms with Gasteiger partial charge in [-0.15, -0.1) is 0 Å². The van der Waals surface area contributed by atoms with Crippen LogP contribution >= 0.6 is 0 Å². The Labute approximate surface area is 95.8 Å². The van der Waals surface area contributed by atoms with Crippen molar-refractivity contribution in [3.05, 3.63) is 28.8 Å². The van der Waals surface area contributed by atoms with E-state index in [2.05, 4.69) is 17.4 Å². The molecule has 1 unspecified atom stereocenters. The van der Waals surface area contributed by atoms with E-state index in [1.807, 2.05) is 0 Å². The summed E-state index contributed by atoms with van der Waals surface area (Å²) in [5.74, 6) is 1.62. The highest BCUT2D eigenvalue weighted by atomic mass is 16.5. The van der Waals surface area contributed by atoms with Crippen LogP contribution < -0.4 is 10.1 Å². The molecule has 0 bridgehead atoms. The fourth-order valence-corrected chi connectivity index (χ4v) is 2.64. The molecule has 3 heteroatoms. The smallest absolute Gasteiger partial charge is 0.122 e. The summed E-state index contributed by atoms with van der Waals surface area (Å²) in [4.78, 5) is 0. The number of benzene rings is 1. The lowest BCUT2D eigenvalue weighted by atomic mass is 9.94. The number of hydrogen-bond acceptors (Lipinski definition) is 3. The summed E-state index contributed by atoms with van der Waals surface area (Å²) in [6, 6.07) is 4.43. The first kappa shape index (κ1) is 10.1. The second-order valence-corrected chi connectivity index (χ2v) is 4.55. The minimum absolute atomic E-state index is 0.598. The molecule has 0 aliphatic carbocycles. The van der Waals surface area contributed by atoms with Gasteiger partial charge in [0.25, 0.3) is 0 Å². The minimum Gasteiger partial charge on any atom is -0.496 e. The Bertz CT molecular complexity index is 397. The van der Waals surface area contributed by atoms with Crippen LogP contribution in [0.5, 0.6) is 5.75 Å². The molecule has 0 aromatic heterocycles. The predicted molar refractivity (Wildman–Crippen MR) is 61.7 cm³/mol. The van der Waals surface area contributed by atoms with Crippen molar-refractivity contribution < 1.29 is 9.47 Å². The van der Waals surface area contributed by atoms with E-state index in [0.717, 1.165) is 32.1 Å². The highest BCUT2D eigenvalue weighted by molar-refractivity contribution is 5.45. The van der Waals surface area contributed by atoms with Crippen molar-refractivity contribution in [2.24, 2.45) is 0 Å². The van der Waals surface area contributed by atoms with E-state index in [4.69, 9.17) is 9.47 Å². The second-order valence-electron chi connectivity index (χ2n) is 4.55. The molecule has 2 aliphatic heterocycles. The average molecular weight is 219 g/mol. The summed E-state index contributed by atoms with van der Waals surface area (Å²) >= 11 is 0. The number of methoxy groups -OCH3 is 1. The Kier molecular flexibility index (Phi) is 2.58. The van der Waals surface area contributed by atoms with Gasteiger partial charge < -0.3 is 14.8 Å². The second kappa shape index (κ2) is 4.07. The van der Waals surface area contributed by atoms with Gasteiger partial charge in [-0.05, 0) is 41.8 Å². The van der Waals surface area contributed by atoms with Crippen LogP contribution in [0, 0.1) is 0 Å². The molecule has 1 aromatic rings. The number of rotatable bonds is 2. The fourth-order valence-electron chi connectivity index (χ4n) is 2.64. The van der Waals surface area contributed by atoms with Crippen LogP contribution in [0.1, 0.15) is 29.0 Å². The fraction of sp³-hybridized carbons (Fsp3) is 0.538. The van der Waals surface area contributed by atoms with Crippen LogP contribution in [0.2, 0.25) is 0 Å². The Morgan fingerprint density at radius 2 is 2.12 bits per heavy atom. The lowest BCUT2D eigenvalue weighted by molar-refractivity contribution is 0.134. The highest BCUT2D eigenvalue weighted by Crippen LogP contribution is 2.35. The van der Waals surface area contributed by atoms with E-state index in [1.54, 1.807) is 7.11 Å². The van der Waals surface area contributed by atoms with Crippen LogP contribution in [0.4, 0.5) is 0 Å². The van der Waals surface area contributed by atoms with Crippen molar-refractivity contribution >= 4 is 0 Å². The third kappa shape index (κ3) is 1.60. The molecule has 16 heavy (non-hydrogen) atoms. The van der Waals surface area contributed by atoms with Crippen molar-refractivity contribution in [1.29, 1.82) is 0 Å². The zero-order valence-electron chi connectivity index (χ0n) is 9.58. The molecule has 3 rings (SSSR count). The van der Waals surface area contributed by atoms with Crippen LogP contribution in [0.25, 0.3) is 0 Å². The maximum atomic E-state index is 5.50. The molecule has 1 N–H and O–H groups in total. The molecule has 1 aromatic carbocycles. The van der Waals surface area contributed by atoms with Crippen LogP contribution in [-0.2, 0) is 18.0 Å². The highest BCUT2D eigenvalue weighted by Gasteiger charge is 2.23. The zero-order valence-corrected chi connectivity index (χ0v) is 9.58. The monoisotopic (exact) mass is 219 g/mol. The molecule has 2 aliphatic rings. The molecule has 0 amide bonds. The Balaban J connectivity index is 2.01. The van der Waals surface area contributed by atoms with Gasteiger partial charge in [-0.25, -0.2) is 0 Å². The van der Waals surface area contributed by atoms with Crippen LogP contribution in [0.3, 0.4) is 0 Å². The van der Waals surface area contributed by atoms with Crippen LogP contribution in [-0.4, -0.2) is 20.2 Å². The molecular formula is C13H17NO2.